The van der Waals surface area contributed by atoms with Crippen LogP contribution in [0, 0.1) is 0 Å². The number of aliphatic hydroxyl groups excluding tert-OH is 1. The van der Waals surface area contributed by atoms with Gasteiger partial charge in [0.05, 0.1) is 11.9 Å². The van der Waals surface area contributed by atoms with Crippen molar-refractivity contribution in [3.63, 3.8) is 0 Å². The standard InChI is InChI=1S/C4H10O3S2/c1-4(5)2-3-9(6,7)8/h4-5H,2-3H2,1H3,(H,6,7,8). The average Bonchev–Trinajstić information content (AvgIpc) is 1.59. The van der Waals surface area contributed by atoms with Crippen LogP contribution in [-0.2, 0) is 20.0 Å². The van der Waals surface area contributed by atoms with Crippen LogP contribution in [0.15, 0.2) is 0 Å². The second kappa shape index (κ2) is 3.46. The molecule has 0 aromatic heterocycles. The summed E-state index contributed by atoms with van der Waals surface area (Å²) in [6.45, 7) is 1.56. The Labute approximate surface area is 59.6 Å². The second-order valence-corrected chi connectivity index (χ2v) is 5.06. The summed E-state index contributed by atoms with van der Waals surface area (Å²) < 4.78 is 18.8. The highest BCUT2D eigenvalue weighted by atomic mass is 32.8. The molecule has 0 radical (unpaired) electrons. The quantitative estimate of drug-likeness (QED) is 0.625. The maximum atomic E-state index is 10.4. The topological polar surface area (TPSA) is 57.5 Å². The number of hydrogen-bond donors (Lipinski definition) is 2. The molecule has 0 aliphatic heterocycles. The summed E-state index contributed by atoms with van der Waals surface area (Å²) in [6, 6.07) is 0. The molecule has 5 heteroatoms. The smallest absolute Gasteiger partial charge is 0.141 e. The van der Waals surface area contributed by atoms with Gasteiger partial charge in [0.25, 0.3) is 0 Å². The van der Waals surface area contributed by atoms with E-state index in [-0.39, 0.29) is 5.75 Å². The van der Waals surface area contributed by atoms with E-state index < -0.39 is 14.9 Å². The lowest BCUT2D eigenvalue weighted by Gasteiger charge is -2.01. The van der Waals surface area contributed by atoms with Crippen molar-refractivity contribution in [2.24, 2.45) is 0 Å². The van der Waals surface area contributed by atoms with E-state index in [4.69, 9.17) is 9.66 Å². The van der Waals surface area contributed by atoms with Gasteiger partial charge in [-0.3, -0.25) is 0 Å². The van der Waals surface area contributed by atoms with Gasteiger partial charge in [-0.2, -0.15) is 0 Å². The Kier molecular flexibility index (Phi) is 3.57. The zero-order valence-corrected chi connectivity index (χ0v) is 6.74. The molecule has 0 rings (SSSR count). The molecule has 0 aromatic rings. The Morgan fingerprint density at radius 3 is 2.33 bits per heavy atom. The molecular weight excluding hydrogens is 160 g/mol. The lowest BCUT2D eigenvalue weighted by Crippen LogP contribution is -2.09. The lowest BCUT2D eigenvalue weighted by atomic mass is 10.3. The summed E-state index contributed by atoms with van der Waals surface area (Å²) in [7, 11) is -3.05. The zero-order valence-electron chi connectivity index (χ0n) is 5.11. The van der Waals surface area contributed by atoms with Crippen molar-refractivity contribution >= 4 is 20.0 Å². The molecule has 0 amide bonds. The summed E-state index contributed by atoms with van der Waals surface area (Å²) >= 11 is 4.18. The fraction of sp³-hybridized carbons (Fsp3) is 1.00. The molecule has 0 bridgehead atoms. The van der Waals surface area contributed by atoms with Gasteiger partial charge in [-0.1, -0.05) is 0 Å². The third-order valence-corrected chi connectivity index (χ3v) is 2.05. The van der Waals surface area contributed by atoms with E-state index in [1.165, 1.54) is 0 Å². The minimum Gasteiger partial charge on any atom is -0.393 e. The molecule has 2 atom stereocenters. The summed E-state index contributed by atoms with van der Waals surface area (Å²) in [5, 5.41) is 8.63. The summed E-state index contributed by atoms with van der Waals surface area (Å²) in [4.78, 5) is 0. The Bertz CT molecular complexity index is 159. The summed E-state index contributed by atoms with van der Waals surface area (Å²) in [6.07, 6.45) is -0.250. The maximum Gasteiger partial charge on any atom is 0.141 e. The molecule has 0 fully saturated rings. The van der Waals surface area contributed by atoms with Gasteiger partial charge in [-0.05, 0) is 13.3 Å². The van der Waals surface area contributed by atoms with Crippen LogP contribution in [0.25, 0.3) is 0 Å². The van der Waals surface area contributed by atoms with Crippen molar-refractivity contribution in [3.05, 3.63) is 0 Å². The van der Waals surface area contributed by atoms with Gasteiger partial charge < -0.3 is 9.66 Å². The van der Waals surface area contributed by atoms with Crippen molar-refractivity contribution in [1.82, 2.24) is 0 Å². The Morgan fingerprint density at radius 2 is 2.22 bits per heavy atom. The Hall–Kier alpha value is 0.290. The van der Waals surface area contributed by atoms with Crippen molar-refractivity contribution in [1.29, 1.82) is 0 Å². The molecule has 0 saturated carbocycles. The number of aliphatic hydroxyl groups is 1. The minimum atomic E-state index is -3.05. The van der Waals surface area contributed by atoms with Crippen molar-refractivity contribution in [2.45, 2.75) is 19.4 Å². The van der Waals surface area contributed by atoms with Crippen LogP contribution in [0.4, 0.5) is 0 Å². The van der Waals surface area contributed by atoms with E-state index in [1.54, 1.807) is 6.92 Å². The van der Waals surface area contributed by atoms with E-state index in [9.17, 15) is 4.21 Å². The molecule has 0 heterocycles. The van der Waals surface area contributed by atoms with Crippen LogP contribution < -0.4 is 0 Å². The van der Waals surface area contributed by atoms with Crippen molar-refractivity contribution in [2.75, 3.05) is 5.75 Å². The van der Waals surface area contributed by atoms with Gasteiger partial charge in [0, 0.05) is 11.2 Å². The largest absolute Gasteiger partial charge is 0.393 e. The zero-order chi connectivity index (χ0) is 7.49. The van der Waals surface area contributed by atoms with E-state index in [2.05, 4.69) is 11.2 Å². The first-order valence-electron chi connectivity index (χ1n) is 2.55. The predicted octanol–water partition coefficient (Wildman–Crippen LogP) is -0.0234. The monoisotopic (exact) mass is 170 g/mol. The average molecular weight is 170 g/mol. The fourth-order valence-electron chi connectivity index (χ4n) is 0.319. The fourth-order valence-corrected chi connectivity index (χ4v) is 1.25. The predicted molar refractivity (Wildman–Crippen MR) is 39.3 cm³/mol. The van der Waals surface area contributed by atoms with Crippen LogP contribution in [-0.4, -0.2) is 25.7 Å². The highest BCUT2D eigenvalue weighted by Crippen LogP contribution is 1.93. The van der Waals surface area contributed by atoms with Crippen molar-refractivity contribution in [3.8, 4) is 0 Å². The van der Waals surface area contributed by atoms with Gasteiger partial charge in [-0.25, -0.2) is 4.21 Å². The first kappa shape index (κ1) is 9.29. The molecule has 9 heavy (non-hydrogen) atoms. The molecule has 2 unspecified atom stereocenters. The number of rotatable bonds is 3. The molecule has 3 nitrogen and oxygen atoms in total. The van der Waals surface area contributed by atoms with Gasteiger partial charge in [-0.15, -0.1) is 0 Å². The second-order valence-electron chi connectivity index (χ2n) is 1.92. The van der Waals surface area contributed by atoms with Crippen LogP contribution >= 0.6 is 0 Å². The first-order valence-corrected chi connectivity index (χ1v) is 5.16. The van der Waals surface area contributed by atoms with E-state index in [0.29, 0.717) is 6.42 Å². The van der Waals surface area contributed by atoms with Crippen LogP contribution in [0.5, 0.6) is 0 Å². The van der Waals surface area contributed by atoms with E-state index in [1.807, 2.05) is 0 Å². The van der Waals surface area contributed by atoms with Gasteiger partial charge in [0.1, 0.15) is 8.77 Å². The van der Waals surface area contributed by atoms with Gasteiger partial charge in [0.2, 0.25) is 0 Å². The normalized spacial score (nSPS) is 20.8. The Balaban J connectivity index is 3.53. The van der Waals surface area contributed by atoms with E-state index in [0.717, 1.165) is 0 Å². The molecule has 0 spiro atoms. The van der Waals surface area contributed by atoms with Gasteiger partial charge >= 0.3 is 0 Å². The maximum absolute atomic E-state index is 10.4. The summed E-state index contributed by atoms with van der Waals surface area (Å²) in [5.74, 6) is 0. The molecule has 56 valence electrons. The molecule has 2 N–H and O–H groups in total. The minimum absolute atomic E-state index is 0. The van der Waals surface area contributed by atoms with Crippen LogP contribution in [0.1, 0.15) is 13.3 Å². The third kappa shape index (κ3) is 8.29. The molecule has 0 saturated heterocycles. The van der Waals surface area contributed by atoms with Crippen LogP contribution in [0.2, 0.25) is 0 Å². The number of hydrogen-bond acceptors (Lipinski definition) is 3. The highest BCUT2D eigenvalue weighted by molar-refractivity contribution is 8.29. The third-order valence-electron chi connectivity index (χ3n) is 0.794. The van der Waals surface area contributed by atoms with Gasteiger partial charge in [0.15, 0.2) is 0 Å². The molecule has 0 aromatic carbocycles. The van der Waals surface area contributed by atoms with E-state index >= 15 is 0 Å². The first-order chi connectivity index (χ1) is 3.92. The Morgan fingerprint density at radius 1 is 1.78 bits per heavy atom. The van der Waals surface area contributed by atoms with Crippen molar-refractivity contribution < 1.29 is 13.9 Å². The van der Waals surface area contributed by atoms with Crippen LogP contribution in [0.3, 0.4) is 0 Å². The SMILES string of the molecule is CC(O)CCS(=O)(O)=S. The molecule has 0 aliphatic rings. The molecule has 0 aliphatic carbocycles. The lowest BCUT2D eigenvalue weighted by molar-refractivity contribution is 0.191. The molecular formula is C4H10O3S2. The summed E-state index contributed by atoms with van der Waals surface area (Å²) in [5.41, 5.74) is 0. The highest BCUT2D eigenvalue weighted by Gasteiger charge is 2.02.